The molecule has 3 fully saturated rings. The van der Waals surface area contributed by atoms with Crippen molar-refractivity contribution >= 4 is 11.9 Å². The molecule has 1 amide bonds. The lowest BCUT2D eigenvalue weighted by Gasteiger charge is -2.32. The molecule has 2 saturated heterocycles. The van der Waals surface area contributed by atoms with Crippen LogP contribution in [0.4, 0.5) is 0 Å². The molecular formula is C19H27NO4. The minimum atomic E-state index is -0.590. The second-order valence-electron chi connectivity index (χ2n) is 7.68. The zero-order valence-electron chi connectivity index (χ0n) is 14.4. The molecule has 0 radical (unpaired) electrons. The van der Waals surface area contributed by atoms with Gasteiger partial charge >= 0.3 is 5.97 Å². The van der Waals surface area contributed by atoms with Crippen LogP contribution in [0.1, 0.15) is 51.9 Å². The number of carbonyl (C=O) groups excluding carboxylic acids is 2. The lowest BCUT2D eigenvalue weighted by molar-refractivity contribution is -0.154. The van der Waals surface area contributed by atoms with Crippen LogP contribution >= 0.6 is 0 Å². The highest BCUT2D eigenvalue weighted by Crippen LogP contribution is 2.53. The fourth-order valence-electron chi connectivity index (χ4n) is 4.91. The molecule has 1 spiro atoms. The number of unbranched alkanes of at least 4 members (excludes halogenated alkanes) is 1. The molecule has 0 aromatic carbocycles. The standard InChI is InChI=1S/C19H27NO4/c1-2-3-11-23-18(22)15-14-9-10-19(24-14)12-20(17(21)16(15)19)13-7-5-4-6-8-13/h9-10,13-16H,2-8,11-12H2,1H3/t14-,15?,16-,19?/m0/s1. The summed E-state index contributed by atoms with van der Waals surface area (Å²) in [5, 5.41) is 0. The first-order valence-corrected chi connectivity index (χ1v) is 9.50. The van der Waals surface area contributed by atoms with Gasteiger partial charge in [-0.1, -0.05) is 44.8 Å². The van der Waals surface area contributed by atoms with Crippen molar-refractivity contribution in [2.24, 2.45) is 11.8 Å². The Morgan fingerprint density at radius 1 is 1.38 bits per heavy atom. The third-order valence-electron chi connectivity index (χ3n) is 6.16. The maximum Gasteiger partial charge on any atom is 0.312 e. The molecule has 0 N–H and O–H groups in total. The van der Waals surface area contributed by atoms with Gasteiger partial charge in [0.25, 0.3) is 0 Å². The zero-order valence-corrected chi connectivity index (χ0v) is 14.4. The SMILES string of the molecule is CCCCOC(=O)C1[C@@H]2C=CC3(CN(C4CCCCC4)C(=O)[C@H]13)O2. The fraction of sp³-hybridized carbons (Fsp3) is 0.789. The van der Waals surface area contributed by atoms with Crippen LogP contribution in [0.15, 0.2) is 12.2 Å². The molecule has 1 saturated carbocycles. The predicted octanol–water partition coefficient (Wildman–Crippen LogP) is 2.44. The molecule has 2 bridgehead atoms. The van der Waals surface area contributed by atoms with E-state index >= 15 is 0 Å². The van der Waals surface area contributed by atoms with Gasteiger partial charge in [0, 0.05) is 6.04 Å². The average Bonchev–Trinajstić information content (AvgIpc) is 3.24. The summed E-state index contributed by atoms with van der Waals surface area (Å²) in [5.74, 6) is -1.01. The summed E-state index contributed by atoms with van der Waals surface area (Å²) in [7, 11) is 0. The van der Waals surface area contributed by atoms with Crippen LogP contribution in [0.25, 0.3) is 0 Å². The summed E-state index contributed by atoms with van der Waals surface area (Å²) in [6, 6.07) is 0.319. The van der Waals surface area contributed by atoms with E-state index in [0.717, 1.165) is 25.7 Å². The number of esters is 1. The van der Waals surface area contributed by atoms with Crippen LogP contribution < -0.4 is 0 Å². The topological polar surface area (TPSA) is 55.8 Å². The van der Waals surface area contributed by atoms with Crippen molar-refractivity contribution in [2.45, 2.75) is 69.6 Å². The monoisotopic (exact) mass is 333 g/mol. The number of hydrogen-bond acceptors (Lipinski definition) is 4. The summed E-state index contributed by atoms with van der Waals surface area (Å²) in [6.45, 7) is 3.10. The normalized spacial score (nSPS) is 38.0. The molecule has 4 atom stereocenters. The van der Waals surface area contributed by atoms with Crippen molar-refractivity contribution in [3.05, 3.63) is 12.2 Å². The molecule has 132 valence electrons. The molecule has 3 heterocycles. The van der Waals surface area contributed by atoms with E-state index in [1.54, 1.807) is 0 Å². The van der Waals surface area contributed by atoms with Gasteiger partial charge in [-0.15, -0.1) is 0 Å². The summed E-state index contributed by atoms with van der Waals surface area (Å²) in [4.78, 5) is 27.7. The Morgan fingerprint density at radius 3 is 2.92 bits per heavy atom. The summed E-state index contributed by atoms with van der Waals surface area (Å²) in [5.41, 5.74) is -0.590. The number of likely N-dealkylation sites (tertiary alicyclic amines) is 1. The van der Waals surface area contributed by atoms with Crippen molar-refractivity contribution in [3.63, 3.8) is 0 Å². The third-order valence-corrected chi connectivity index (χ3v) is 6.16. The van der Waals surface area contributed by atoms with Crippen LogP contribution in [-0.2, 0) is 19.1 Å². The second kappa shape index (κ2) is 6.17. The molecule has 5 heteroatoms. The number of ether oxygens (including phenoxy) is 2. The van der Waals surface area contributed by atoms with Crippen molar-refractivity contribution < 1.29 is 19.1 Å². The Hall–Kier alpha value is -1.36. The summed E-state index contributed by atoms with van der Waals surface area (Å²) >= 11 is 0. The average molecular weight is 333 g/mol. The zero-order chi connectivity index (χ0) is 16.7. The maximum absolute atomic E-state index is 13.1. The van der Waals surface area contributed by atoms with E-state index in [4.69, 9.17) is 9.47 Å². The Kier molecular flexibility index (Phi) is 4.15. The Morgan fingerprint density at radius 2 is 2.17 bits per heavy atom. The third kappa shape index (κ3) is 2.40. The van der Waals surface area contributed by atoms with E-state index in [2.05, 4.69) is 6.92 Å². The van der Waals surface area contributed by atoms with Gasteiger partial charge in [0.2, 0.25) is 5.91 Å². The van der Waals surface area contributed by atoms with Gasteiger partial charge in [-0.25, -0.2) is 0 Å². The lowest BCUT2D eigenvalue weighted by Crippen LogP contribution is -2.42. The minimum Gasteiger partial charge on any atom is -0.465 e. The predicted molar refractivity (Wildman–Crippen MR) is 88.2 cm³/mol. The van der Waals surface area contributed by atoms with Crippen molar-refractivity contribution in [2.75, 3.05) is 13.2 Å². The molecule has 4 aliphatic rings. The van der Waals surface area contributed by atoms with E-state index in [-0.39, 0.29) is 23.9 Å². The molecule has 2 unspecified atom stereocenters. The number of fused-ring (bicyclic) bond motifs is 1. The van der Waals surface area contributed by atoms with Crippen molar-refractivity contribution in [1.29, 1.82) is 0 Å². The molecule has 4 rings (SSSR count). The van der Waals surface area contributed by atoms with Gasteiger partial charge in [0.15, 0.2) is 0 Å². The second-order valence-corrected chi connectivity index (χ2v) is 7.68. The van der Waals surface area contributed by atoms with Gasteiger partial charge in [-0.05, 0) is 19.3 Å². The first kappa shape index (κ1) is 16.1. The number of carbonyl (C=O) groups is 2. The van der Waals surface area contributed by atoms with E-state index in [9.17, 15) is 9.59 Å². The van der Waals surface area contributed by atoms with Crippen LogP contribution in [0.2, 0.25) is 0 Å². The smallest absolute Gasteiger partial charge is 0.312 e. The highest BCUT2D eigenvalue weighted by Gasteiger charge is 2.67. The van der Waals surface area contributed by atoms with E-state index in [1.165, 1.54) is 19.3 Å². The summed E-state index contributed by atoms with van der Waals surface area (Å²) in [6.07, 6.45) is 11.3. The molecule has 3 aliphatic heterocycles. The number of amides is 1. The molecular weight excluding hydrogens is 306 g/mol. The van der Waals surface area contributed by atoms with Crippen molar-refractivity contribution in [1.82, 2.24) is 4.90 Å². The Labute approximate surface area is 143 Å². The van der Waals surface area contributed by atoms with E-state index in [0.29, 0.717) is 19.2 Å². The van der Waals surface area contributed by atoms with Gasteiger partial charge in [0.05, 0.1) is 25.2 Å². The van der Waals surface area contributed by atoms with Crippen LogP contribution in [0, 0.1) is 11.8 Å². The van der Waals surface area contributed by atoms with Crippen LogP contribution in [0.3, 0.4) is 0 Å². The molecule has 5 nitrogen and oxygen atoms in total. The number of hydrogen-bond donors (Lipinski definition) is 0. The van der Waals surface area contributed by atoms with Crippen LogP contribution in [-0.4, -0.2) is 47.7 Å². The quantitative estimate of drug-likeness (QED) is 0.440. The van der Waals surface area contributed by atoms with Crippen molar-refractivity contribution in [3.8, 4) is 0 Å². The van der Waals surface area contributed by atoms with E-state index < -0.39 is 11.5 Å². The first-order valence-electron chi connectivity index (χ1n) is 9.50. The minimum absolute atomic E-state index is 0.103. The highest BCUT2D eigenvalue weighted by molar-refractivity contribution is 5.91. The van der Waals surface area contributed by atoms with Gasteiger partial charge in [-0.2, -0.15) is 0 Å². The van der Waals surface area contributed by atoms with Gasteiger partial charge < -0.3 is 14.4 Å². The number of nitrogens with zero attached hydrogens (tertiary/aromatic N) is 1. The molecule has 0 aromatic heterocycles. The Bertz CT molecular complexity index is 554. The highest BCUT2D eigenvalue weighted by atomic mass is 16.6. The van der Waals surface area contributed by atoms with Gasteiger partial charge in [0.1, 0.15) is 11.5 Å². The van der Waals surface area contributed by atoms with Gasteiger partial charge in [-0.3, -0.25) is 9.59 Å². The van der Waals surface area contributed by atoms with Crippen LogP contribution in [0.5, 0.6) is 0 Å². The van der Waals surface area contributed by atoms with E-state index in [1.807, 2.05) is 17.1 Å². The number of rotatable bonds is 5. The Balaban J connectivity index is 1.52. The lowest BCUT2D eigenvalue weighted by atomic mass is 9.77. The first-order chi connectivity index (χ1) is 11.7. The maximum atomic E-state index is 13.1. The molecule has 0 aromatic rings. The molecule has 24 heavy (non-hydrogen) atoms. The summed E-state index contributed by atoms with van der Waals surface area (Å²) < 4.78 is 11.6. The fourth-order valence-corrected chi connectivity index (χ4v) is 4.91. The molecule has 1 aliphatic carbocycles. The largest absolute Gasteiger partial charge is 0.465 e.